The van der Waals surface area contributed by atoms with E-state index in [4.69, 9.17) is 30.2 Å². The third-order valence-corrected chi connectivity index (χ3v) is 4.79. The van der Waals surface area contributed by atoms with Gasteiger partial charge in [-0.3, -0.25) is 9.59 Å². The van der Waals surface area contributed by atoms with Gasteiger partial charge in [0.1, 0.15) is 24.6 Å². The Morgan fingerprint density at radius 3 is 2.30 bits per heavy atom. The summed E-state index contributed by atoms with van der Waals surface area (Å²) in [6.07, 6.45) is 6.63. The zero-order valence-electron chi connectivity index (χ0n) is 21.2. The molecule has 1 aliphatic rings. The van der Waals surface area contributed by atoms with Crippen LogP contribution in [0.4, 0.5) is 10.6 Å². The van der Waals surface area contributed by atoms with Gasteiger partial charge in [0.2, 0.25) is 0 Å². The van der Waals surface area contributed by atoms with Crippen molar-refractivity contribution in [2.24, 2.45) is 0 Å². The number of rotatable bonds is 10. The Hall–Kier alpha value is -3.93. The molecule has 3 rings (SSSR count). The molecule has 1 aliphatic heterocycles. The number of nitrogens with two attached hydrogens (primary N) is 1. The Morgan fingerprint density at radius 2 is 1.78 bits per heavy atom. The molecule has 37 heavy (non-hydrogen) atoms. The highest BCUT2D eigenvalue weighted by molar-refractivity contribution is 5.67. The van der Waals surface area contributed by atoms with E-state index in [2.05, 4.69) is 23.2 Å². The molecule has 0 bridgehead atoms. The molecule has 2 atom stereocenters. The van der Waals surface area contributed by atoms with Gasteiger partial charge in [-0.1, -0.05) is 12.2 Å². The Balaban J connectivity index is 0.000000404. The van der Waals surface area contributed by atoms with Gasteiger partial charge < -0.3 is 30.2 Å². The van der Waals surface area contributed by atoms with Crippen molar-refractivity contribution in [2.45, 2.75) is 70.7 Å². The highest BCUT2D eigenvalue weighted by Gasteiger charge is 2.30. The number of aromatic nitrogens is 3. The van der Waals surface area contributed by atoms with Crippen LogP contribution in [0.15, 0.2) is 43.8 Å². The second-order valence-corrected chi connectivity index (χ2v) is 8.19. The van der Waals surface area contributed by atoms with Crippen LogP contribution in [0.1, 0.15) is 64.2 Å². The van der Waals surface area contributed by atoms with Crippen LogP contribution in [-0.4, -0.2) is 61.7 Å². The predicted molar refractivity (Wildman–Crippen MR) is 136 cm³/mol. The van der Waals surface area contributed by atoms with Crippen LogP contribution in [-0.2, 0) is 23.8 Å². The van der Waals surface area contributed by atoms with E-state index >= 15 is 0 Å². The second-order valence-electron chi connectivity index (χ2n) is 8.19. The van der Waals surface area contributed by atoms with Crippen molar-refractivity contribution in [1.29, 1.82) is 0 Å². The maximum absolute atomic E-state index is 11.4. The summed E-state index contributed by atoms with van der Waals surface area (Å²) in [6, 6.07) is 3.80. The van der Waals surface area contributed by atoms with E-state index in [-0.39, 0.29) is 37.8 Å². The molecule has 2 aromatic rings. The highest BCUT2D eigenvalue weighted by atomic mass is 16.7. The molecule has 0 saturated carbocycles. The van der Waals surface area contributed by atoms with Gasteiger partial charge in [-0.2, -0.15) is 5.10 Å². The van der Waals surface area contributed by atoms with Crippen LogP contribution in [0.3, 0.4) is 0 Å². The molecule has 0 spiro atoms. The molecule has 12 nitrogen and oxygen atoms in total. The van der Waals surface area contributed by atoms with E-state index in [1.165, 1.54) is 6.33 Å². The molecule has 1 fully saturated rings. The lowest BCUT2D eigenvalue weighted by atomic mass is 10.1. The summed E-state index contributed by atoms with van der Waals surface area (Å²) < 4.78 is 17.7. The largest absolute Gasteiger partial charge is 0.508 e. The summed E-state index contributed by atoms with van der Waals surface area (Å²) in [5.74, 6) is -1.10. The Bertz CT molecular complexity index is 1010. The third kappa shape index (κ3) is 12.0. The molecule has 1 saturated heterocycles. The van der Waals surface area contributed by atoms with Crippen LogP contribution in [0.25, 0.3) is 5.52 Å². The topological polar surface area (TPSA) is 176 Å². The number of carboxylic acid groups (broad SMARTS) is 2. The number of carbonyl (C=O) groups excluding carboxylic acids is 1. The van der Waals surface area contributed by atoms with Crippen molar-refractivity contribution >= 4 is 29.4 Å². The number of carbonyl (C=O) groups is 3. The Morgan fingerprint density at radius 1 is 1.16 bits per heavy atom. The van der Waals surface area contributed by atoms with Crippen LogP contribution >= 0.6 is 0 Å². The standard InChI is InChI=1S/C15H20N4O4.2C5H8O2/c1-9(2)22-15(20)21-7-10-3-6-13(23-10)11-4-5-12-14(16)17-8-18-19(11)12;2*1-2-3-4-5(6)7/h4-5,8-10,13H,3,6-7H2,1-2H3,(H2,16,17,18);2*2H,1,3-4H2,(H,6,7). The summed E-state index contributed by atoms with van der Waals surface area (Å²) in [4.78, 5) is 34.8. The van der Waals surface area contributed by atoms with Gasteiger partial charge in [-0.25, -0.2) is 14.3 Å². The smallest absolute Gasteiger partial charge is 0.481 e. The molecular formula is C25H36N4O8. The first kappa shape index (κ1) is 31.1. The summed E-state index contributed by atoms with van der Waals surface area (Å²) in [5, 5.41) is 20.2. The van der Waals surface area contributed by atoms with Crippen molar-refractivity contribution in [3.63, 3.8) is 0 Å². The molecule has 204 valence electrons. The number of fused-ring (bicyclic) bond motifs is 1. The Labute approximate surface area is 215 Å². The molecule has 2 unspecified atom stereocenters. The minimum Gasteiger partial charge on any atom is -0.481 e. The number of carboxylic acids is 2. The molecule has 2 aromatic heterocycles. The first-order valence-corrected chi connectivity index (χ1v) is 11.8. The number of nitrogens with zero attached hydrogens (tertiary/aromatic N) is 3. The molecule has 4 N–H and O–H groups in total. The number of allylic oxidation sites excluding steroid dienone is 2. The molecule has 0 aliphatic carbocycles. The fraction of sp³-hybridized carbons (Fsp3) is 0.480. The van der Waals surface area contributed by atoms with E-state index < -0.39 is 18.1 Å². The quantitative estimate of drug-likeness (QED) is 0.303. The van der Waals surface area contributed by atoms with Gasteiger partial charge in [-0.15, -0.1) is 13.2 Å². The van der Waals surface area contributed by atoms with Crippen molar-refractivity contribution in [2.75, 3.05) is 12.3 Å². The molecule has 0 radical (unpaired) electrons. The second kappa shape index (κ2) is 16.7. The fourth-order valence-electron chi connectivity index (χ4n) is 3.10. The van der Waals surface area contributed by atoms with E-state index in [9.17, 15) is 14.4 Å². The molecular weight excluding hydrogens is 484 g/mol. The lowest BCUT2D eigenvalue weighted by Gasteiger charge is -2.14. The maximum atomic E-state index is 11.4. The molecule has 0 aromatic carbocycles. The highest BCUT2D eigenvalue weighted by Crippen LogP contribution is 2.33. The van der Waals surface area contributed by atoms with Gasteiger partial charge in [0.25, 0.3) is 0 Å². The number of aliphatic carboxylic acids is 2. The summed E-state index contributed by atoms with van der Waals surface area (Å²) >= 11 is 0. The fourth-order valence-corrected chi connectivity index (χ4v) is 3.10. The van der Waals surface area contributed by atoms with Gasteiger partial charge in [0, 0.05) is 12.8 Å². The summed E-state index contributed by atoms with van der Waals surface area (Å²) in [7, 11) is 0. The first-order chi connectivity index (χ1) is 17.6. The number of hydrogen-bond acceptors (Lipinski definition) is 9. The lowest BCUT2D eigenvalue weighted by molar-refractivity contribution is -0.137. The lowest BCUT2D eigenvalue weighted by Crippen LogP contribution is -2.21. The van der Waals surface area contributed by atoms with Gasteiger partial charge in [0.05, 0.1) is 17.9 Å². The van der Waals surface area contributed by atoms with Crippen molar-refractivity contribution < 1.29 is 38.8 Å². The average molecular weight is 521 g/mol. The van der Waals surface area contributed by atoms with Gasteiger partial charge in [-0.05, 0) is 51.7 Å². The first-order valence-electron chi connectivity index (χ1n) is 11.8. The predicted octanol–water partition coefficient (Wildman–Crippen LogP) is 4.17. The SMILES string of the molecule is C=CCCC(=O)O.C=CCCC(=O)O.CC(C)OC(=O)OCC1CCC(c2ccc3c(N)ncnn23)O1. The zero-order valence-corrected chi connectivity index (χ0v) is 21.2. The van der Waals surface area contributed by atoms with E-state index in [0.717, 1.165) is 24.1 Å². The van der Waals surface area contributed by atoms with E-state index in [0.29, 0.717) is 18.7 Å². The summed E-state index contributed by atoms with van der Waals surface area (Å²) in [6.45, 7) is 10.5. The van der Waals surface area contributed by atoms with Crippen molar-refractivity contribution in [1.82, 2.24) is 14.6 Å². The van der Waals surface area contributed by atoms with Crippen LogP contribution < -0.4 is 5.73 Å². The average Bonchev–Trinajstić information content (AvgIpc) is 3.48. The Kier molecular flexibility index (Phi) is 14.0. The minimum atomic E-state index is -0.764. The van der Waals surface area contributed by atoms with Crippen molar-refractivity contribution in [3.05, 3.63) is 49.5 Å². The van der Waals surface area contributed by atoms with Gasteiger partial charge in [0.15, 0.2) is 5.82 Å². The van der Waals surface area contributed by atoms with Gasteiger partial charge >= 0.3 is 18.1 Å². The normalized spacial score (nSPS) is 16.1. The maximum Gasteiger partial charge on any atom is 0.508 e. The molecule has 3 heterocycles. The van der Waals surface area contributed by atoms with E-state index in [1.54, 1.807) is 30.5 Å². The van der Waals surface area contributed by atoms with Crippen molar-refractivity contribution in [3.8, 4) is 0 Å². The number of ether oxygens (including phenoxy) is 3. The zero-order chi connectivity index (χ0) is 27.8. The van der Waals surface area contributed by atoms with Crippen LogP contribution in [0.5, 0.6) is 0 Å². The monoisotopic (exact) mass is 520 g/mol. The number of hydrogen-bond donors (Lipinski definition) is 3. The van der Waals surface area contributed by atoms with Crippen LogP contribution in [0, 0.1) is 0 Å². The summed E-state index contributed by atoms with van der Waals surface area (Å²) in [5.41, 5.74) is 7.51. The molecule has 12 heteroatoms. The minimum absolute atomic E-state index is 0.110. The number of nitrogen functional groups attached to an aromatic ring is 1. The van der Waals surface area contributed by atoms with E-state index in [1.807, 2.05) is 12.1 Å². The van der Waals surface area contributed by atoms with Crippen LogP contribution in [0.2, 0.25) is 0 Å². The molecule has 0 amide bonds. The number of anilines is 1. The third-order valence-electron chi connectivity index (χ3n) is 4.79.